The van der Waals surface area contributed by atoms with Gasteiger partial charge in [-0.05, 0) is 43.2 Å². The third kappa shape index (κ3) is 5.03. The molecule has 0 aliphatic carbocycles. The van der Waals surface area contributed by atoms with E-state index in [0.717, 1.165) is 31.0 Å². The molecule has 0 radical (unpaired) electrons. The molecule has 1 aliphatic rings. The van der Waals surface area contributed by atoms with Crippen molar-refractivity contribution < 1.29 is 9.53 Å². The van der Waals surface area contributed by atoms with Crippen molar-refractivity contribution in [2.75, 3.05) is 32.1 Å². The zero-order valence-electron chi connectivity index (χ0n) is 16.7. The highest BCUT2D eigenvalue weighted by atomic mass is 16.5. The van der Waals surface area contributed by atoms with E-state index >= 15 is 0 Å². The minimum Gasteiger partial charge on any atom is -0.465 e. The maximum absolute atomic E-state index is 11.5. The molecule has 6 nitrogen and oxygen atoms in total. The fourth-order valence-electron chi connectivity index (χ4n) is 3.32. The van der Waals surface area contributed by atoms with Crippen LogP contribution in [0.25, 0.3) is 0 Å². The van der Waals surface area contributed by atoms with Gasteiger partial charge < -0.3 is 20.3 Å². The number of benzene rings is 2. The van der Waals surface area contributed by atoms with Crippen LogP contribution in [0.5, 0.6) is 0 Å². The number of esters is 1. The minimum atomic E-state index is -0.323. The van der Waals surface area contributed by atoms with Gasteiger partial charge in [0, 0.05) is 38.4 Å². The molecule has 1 aliphatic heterocycles. The summed E-state index contributed by atoms with van der Waals surface area (Å²) in [6.07, 6.45) is 1.07. The molecule has 6 heteroatoms. The van der Waals surface area contributed by atoms with Gasteiger partial charge in [-0.25, -0.2) is 4.79 Å². The van der Waals surface area contributed by atoms with Crippen LogP contribution >= 0.6 is 0 Å². The first-order valence-corrected chi connectivity index (χ1v) is 9.55. The lowest BCUT2D eigenvalue weighted by Gasteiger charge is -2.20. The second-order valence-corrected chi connectivity index (χ2v) is 7.03. The van der Waals surface area contributed by atoms with Crippen LogP contribution in [0.4, 0.5) is 5.69 Å². The Morgan fingerprint density at radius 3 is 2.54 bits per heavy atom. The van der Waals surface area contributed by atoms with Crippen LogP contribution in [-0.2, 0) is 11.3 Å². The summed E-state index contributed by atoms with van der Waals surface area (Å²) in [5.74, 6) is 0.462. The zero-order chi connectivity index (χ0) is 19.9. The van der Waals surface area contributed by atoms with Crippen molar-refractivity contribution in [1.29, 1.82) is 0 Å². The average Bonchev–Trinajstić information content (AvgIpc) is 3.20. The molecule has 1 heterocycles. The normalized spacial score (nSPS) is 16.8. The Kier molecular flexibility index (Phi) is 6.53. The number of aryl methyl sites for hydroxylation is 1. The van der Waals surface area contributed by atoms with Crippen molar-refractivity contribution in [1.82, 2.24) is 10.6 Å². The highest BCUT2D eigenvalue weighted by molar-refractivity contribution is 5.89. The number of carbonyl (C=O) groups is 1. The van der Waals surface area contributed by atoms with Crippen LogP contribution in [0.3, 0.4) is 0 Å². The van der Waals surface area contributed by atoms with Crippen molar-refractivity contribution in [3.05, 3.63) is 65.2 Å². The van der Waals surface area contributed by atoms with Gasteiger partial charge in [-0.15, -0.1) is 0 Å². The number of nitrogens with zero attached hydrogens (tertiary/aromatic N) is 2. The third-order valence-corrected chi connectivity index (χ3v) is 4.99. The number of hydrogen-bond donors (Lipinski definition) is 2. The molecular formula is C22H28N4O2. The van der Waals surface area contributed by atoms with Gasteiger partial charge in [-0.1, -0.05) is 29.8 Å². The topological polar surface area (TPSA) is 66.0 Å². The molecule has 1 saturated heterocycles. The Hall–Kier alpha value is -3.02. The van der Waals surface area contributed by atoms with E-state index in [0.29, 0.717) is 18.2 Å². The lowest BCUT2D eigenvalue weighted by atomic mass is 10.1. The Morgan fingerprint density at radius 1 is 1.18 bits per heavy atom. The van der Waals surface area contributed by atoms with E-state index in [2.05, 4.69) is 51.7 Å². The van der Waals surface area contributed by atoms with E-state index in [9.17, 15) is 4.79 Å². The Labute approximate surface area is 166 Å². The van der Waals surface area contributed by atoms with E-state index in [1.165, 1.54) is 18.4 Å². The number of nitrogens with one attached hydrogen (secondary N) is 2. The predicted molar refractivity (Wildman–Crippen MR) is 113 cm³/mol. The van der Waals surface area contributed by atoms with Gasteiger partial charge >= 0.3 is 5.97 Å². The summed E-state index contributed by atoms with van der Waals surface area (Å²) in [6, 6.07) is 16.4. The average molecular weight is 380 g/mol. The SMILES string of the molecule is CN=C(NCc1ccc(C(=O)OC)cc1)NC1CCN(c2ccc(C)cc2)C1. The molecule has 2 N–H and O–H groups in total. The lowest BCUT2D eigenvalue weighted by molar-refractivity contribution is 0.0600. The summed E-state index contributed by atoms with van der Waals surface area (Å²) in [6.45, 7) is 4.73. The molecule has 2 aromatic rings. The molecule has 0 spiro atoms. The molecule has 3 rings (SSSR count). The number of guanidine groups is 1. The number of hydrogen-bond acceptors (Lipinski definition) is 4. The molecule has 1 atom stereocenters. The van der Waals surface area contributed by atoms with Crippen molar-refractivity contribution >= 4 is 17.6 Å². The van der Waals surface area contributed by atoms with Gasteiger partial charge in [0.05, 0.1) is 12.7 Å². The van der Waals surface area contributed by atoms with E-state index in [1.807, 2.05) is 12.1 Å². The summed E-state index contributed by atoms with van der Waals surface area (Å²) in [7, 11) is 3.17. The van der Waals surface area contributed by atoms with Crippen molar-refractivity contribution in [2.24, 2.45) is 4.99 Å². The number of carbonyl (C=O) groups excluding carboxylic acids is 1. The highest BCUT2D eigenvalue weighted by Crippen LogP contribution is 2.20. The summed E-state index contributed by atoms with van der Waals surface area (Å²) >= 11 is 0. The summed E-state index contributed by atoms with van der Waals surface area (Å²) < 4.78 is 4.72. The summed E-state index contributed by atoms with van der Waals surface area (Å²) in [4.78, 5) is 18.2. The third-order valence-electron chi connectivity index (χ3n) is 4.99. The minimum absolute atomic E-state index is 0.323. The highest BCUT2D eigenvalue weighted by Gasteiger charge is 2.23. The molecule has 1 unspecified atom stereocenters. The molecule has 2 aromatic carbocycles. The van der Waals surface area contributed by atoms with Gasteiger partial charge in [0.15, 0.2) is 5.96 Å². The van der Waals surface area contributed by atoms with Crippen molar-refractivity contribution in [3.8, 4) is 0 Å². The zero-order valence-corrected chi connectivity index (χ0v) is 16.7. The van der Waals surface area contributed by atoms with Crippen LogP contribution in [0.15, 0.2) is 53.5 Å². The van der Waals surface area contributed by atoms with Gasteiger partial charge in [-0.3, -0.25) is 4.99 Å². The van der Waals surface area contributed by atoms with E-state index in [1.54, 1.807) is 19.2 Å². The lowest BCUT2D eigenvalue weighted by Crippen LogP contribution is -2.44. The fraction of sp³-hybridized carbons (Fsp3) is 0.364. The molecule has 0 bridgehead atoms. The summed E-state index contributed by atoms with van der Waals surface area (Å²) in [5, 5.41) is 6.85. The molecular weight excluding hydrogens is 352 g/mol. The molecule has 1 fully saturated rings. The summed E-state index contributed by atoms with van der Waals surface area (Å²) in [5.41, 5.74) is 4.17. The van der Waals surface area contributed by atoms with Crippen LogP contribution in [0.1, 0.15) is 27.9 Å². The molecule has 0 aromatic heterocycles. The number of ether oxygens (including phenoxy) is 1. The van der Waals surface area contributed by atoms with Gasteiger partial charge in [0.2, 0.25) is 0 Å². The van der Waals surface area contributed by atoms with E-state index in [4.69, 9.17) is 4.74 Å². The smallest absolute Gasteiger partial charge is 0.337 e. The largest absolute Gasteiger partial charge is 0.465 e. The quantitative estimate of drug-likeness (QED) is 0.474. The Morgan fingerprint density at radius 2 is 1.89 bits per heavy atom. The van der Waals surface area contributed by atoms with Gasteiger partial charge in [0.1, 0.15) is 0 Å². The van der Waals surface area contributed by atoms with Crippen LogP contribution < -0.4 is 15.5 Å². The first-order chi connectivity index (χ1) is 13.6. The maximum Gasteiger partial charge on any atom is 0.337 e. The maximum atomic E-state index is 11.5. The van der Waals surface area contributed by atoms with Crippen LogP contribution in [0.2, 0.25) is 0 Å². The second kappa shape index (κ2) is 9.26. The van der Waals surface area contributed by atoms with Gasteiger partial charge in [0.25, 0.3) is 0 Å². The molecule has 28 heavy (non-hydrogen) atoms. The van der Waals surface area contributed by atoms with Gasteiger partial charge in [-0.2, -0.15) is 0 Å². The number of anilines is 1. The molecule has 0 saturated carbocycles. The van der Waals surface area contributed by atoms with Crippen molar-refractivity contribution in [2.45, 2.75) is 25.9 Å². The monoisotopic (exact) mass is 380 g/mol. The molecule has 0 amide bonds. The predicted octanol–water partition coefficient (Wildman–Crippen LogP) is 2.73. The van der Waals surface area contributed by atoms with Crippen molar-refractivity contribution in [3.63, 3.8) is 0 Å². The van der Waals surface area contributed by atoms with E-state index < -0.39 is 0 Å². The Balaban J connectivity index is 1.49. The van der Waals surface area contributed by atoms with Crippen LogP contribution in [-0.4, -0.2) is 45.2 Å². The first kappa shape index (κ1) is 19.7. The molecule has 148 valence electrons. The number of rotatable bonds is 5. The number of aliphatic imine (C=N–C) groups is 1. The fourth-order valence-corrected chi connectivity index (χ4v) is 3.32. The number of methoxy groups -OCH3 is 1. The Bertz CT molecular complexity index is 815. The van der Waals surface area contributed by atoms with Crippen LogP contribution in [0, 0.1) is 6.92 Å². The standard InChI is InChI=1S/C22H28N4O2/c1-16-4-10-20(11-5-16)26-13-12-19(15-26)25-22(23-2)24-14-17-6-8-18(9-7-17)21(27)28-3/h4-11,19H,12-15H2,1-3H3,(H2,23,24,25). The first-order valence-electron chi connectivity index (χ1n) is 9.55. The van der Waals surface area contributed by atoms with E-state index in [-0.39, 0.29) is 5.97 Å². The second-order valence-electron chi connectivity index (χ2n) is 7.03.